The van der Waals surface area contributed by atoms with E-state index >= 15 is 0 Å². The maximum Gasteiger partial charge on any atom is 0.416 e. The van der Waals surface area contributed by atoms with Gasteiger partial charge in [0, 0.05) is 28.6 Å². The topological polar surface area (TPSA) is 85.5 Å². The third kappa shape index (κ3) is 5.69. The predicted molar refractivity (Wildman–Crippen MR) is 139 cm³/mol. The van der Waals surface area contributed by atoms with Gasteiger partial charge in [0.05, 0.1) is 30.8 Å². The zero-order valence-corrected chi connectivity index (χ0v) is 22.0. The maximum atomic E-state index is 13.3. The lowest BCUT2D eigenvalue weighted by atomic mass is 9.98. The Bertz CT molecular complexity index is 1290. The lowest BCUT2D eigenvalue weighted by molar-refractivity contribution is -0.137. The summed E-state index contributed by atoms with van der Waals surface area (Å²) < 4.78 is 51.9. The summed E-state index contributed by atoms with van der Waals surface area (Å²) >= 11 is 0. The number of rotatable bonds is 9. The van der Waals surface area contributed by atoms with Crippen molar-refractivity contribution in [3.8, 4) is 11.5 Å². The number of anilines is 2. The molecule has 0 spiro atoms. The molecule has 1 aromatic heterocycles. The van der Waals surface area contributed by atoms with Crippen LogP contribution in [-0.2, 0) is 6.18 Å². The fourth-order valence-electron chi connectivity index (χ4n) is 4.63. The highest BCUT2D eigenvalue weighted by Gasteiger charge is 2.49. The summed E-state index contributed by atoms with van der Waals surface area (Å²) in [5, 5.41) is 3.93. The molecule has 1 heterocycles. The van der Waals surface area contributed by atoms with Crippen LogP contribution < -0.4 is 20.5 Å². The second kappa shape index (κ2) is 9.89. The number of nitrogen functional groups attached to an aromatic ring is 1. The van der Waals surface area contributed by atoms with Crippen LogP contribution in [0.15, 0.2) is 30.3 Å². The lowest BCUT2D eigenvalue weighted by Crippen LogP contribution is -2.37. The number of halogens is 3. The molecule has 200 valence electrons. The summed E-state index contributed by atoms with van der Waals surface area (Å²) in [6.45, 7) is 6.27. The van der Waals surface area contributed by atoms with Gasteiger partial charge in [0.25, 0.3) is 0 Å². The predicted octanol–water partition coefficient (Wildman–Crippen LogP) is 5.83. The fourth-order valence-corrected chi connectivity index (χ4v) is 4.63. The van der Waals surface area contributed by atoms with Gasteiger partial charge in [-0.1, -0.05) is 0 Å². The van der Waals surface area contributed by atoms with E-state index in [9.17, 15) is 13.2 Å². The molecule has 0 unspecified atom stereocenters. The number of aromatic nitrogens is 2. The zero-order chi connectivity index (χ0) is 27.1. The highest BCUT2D eigenvalue weighted by Crippen LogP contribution is 2.51. The van der Waals surface area contributed by atoms with E-state index in [0.29, 0.717) is 52.3 Å². The summed E-state index contributed by atoms with van der Waals surface area (Å²) in [7, 11) is 5.72. The molecular weight excluding hydrogens is 483 g/mol. The Balaban J connectivity index is 1.67. The van der Waals surface area contributed by atoms with Gasteiger partial charge in [-0.2, -0.15) is 13.2 Å². The average Bonchev–Trinajstić information content (AvgIpc) is 3.61. The molecule has 1 aliphatic carbocycles. The monoisotopic (exact) mass is 517 g/mol. The molecule has 2 atom stereocenters. The normalized spacial score (nSPS) is 16.5. The number of nitrogens with two attached hydrogens (primary N) is 1. The van der Waals surface area contributed by atoms with Crippen LogP contribution in [0.1, 0.15) is 49.7 Å². The van der Waals surface area contributed by atoms with Crippen molar-refractivity contribution in [2.75, 3.05) is 38.9 Å². The number of fused-ring (bicyclic) bond motifs is 1. The van der Waals surface area contributed by atoms with Gasteiger partial charge in [0.2, 0.25) is 0 Å². The van der Waals surface area contributed by atoms with Crippen molar-refractivity contribution in [3.63, 3.8) is 0 Å². The molecule has 0 radical (unpaired) electrons. The number of nitrogens with one attached hydrogen (secondary N) is 1. The van der Waals surface area contributed by atoms with Gasteiger partial charge in [-0.3, -0.25) is 0 Å². The Hall–Kier alpha value is -3.27. The molecule has 10 heteroatoms. The third-order valence-corrected chi connectivity index (χ3v) is 7.32. The Labute approximate surface area is 215 Å². The van der Waals surface area contributed by atoms with E-state index in [1.54, 1.807) is 27.0 Å². The number of hydrogen-bond acceptors (Lipinski definition) is 7. The zero-order valence-electron chi connectivity index (χ0n) is 22.0. The van der Waals surface area contributed by atoms with E-state index in [0.717, 1.165) is 25.0 Å². The van der Waals surface area contributed by atoms with Crippen LogP contribution in [0, 0.1) is 12.3 Å². The molecule has 0 amide bonds. The van der Waals surface area contributed by atoms with Crippen LogP contribution in [0.25, 0.3) is 10.9 Å². The van der Waals surface area contributed by atoms with E-state index in [-0.39, 0.29) is 11.1 Å². The van der Waals surface area contributed by atoms with E-state index in [1.165, 1.54) is 6.07 Å². The van der Waals surface area contributed by atoms with Crippen molar-refractivity contribution in [1.82, 2.24) is 14.9 Å². The van der Waals surface area contributed by atoms with E-state index in [4.69, 9.17) is 15.2 Å². The molecule has 3 aromatic rings. The Morgan fingerprint density at radius 3 is 2.38 bits per heavy atom. The van der Waals surface area contributed by atoms with E-state index < -0.39 is 17.8 Å². The van der Waals surface area contributed by atoms with Gasteiger partial charge in [-0.25, -0.2) is 9.97 Å². The van der Waals surface area contributed by atoms with Crippen LogP contribution in [0.2, 0.25) is 0 Å². The molecule has 0 bridgehead atoms. The van der Waals surface area contributed by atoms with Gasteiger partial charge >= 0.3 is 6.18 Å². The van der Waals surface area contributed by atoms with Gasteiger partial charge in [-0.15, -0.1) is 0 Å². The summed E-state index contributed by atoms with van der Waals surface area (Å²) in [6.07, 6.45) is -2.31. The SMILES string of the molecule is COc1cc2nc(C)nc(N[C@H](C)c3cc(N)cc(C(F)(F)F)c3)c2cc1OCC1([C@@H](C)N(C)C)CC1. The number of aryl methyl sites for hydroxylation is 1. The van der Waals surface area contributed by atoms with Crippen molar-refractivity contribution in [3.05, 3.63) is 47.3 Å². The maximum absolute atomic E-state index is 13.3. The van der Waals surface area contributed by atoms with Crippen LogP contribution in [0.3, 0.4) is 0 Å². The number of ether oxygens (including phenoxy) is 2. The van der Waals surface area contributed by atoms with Gasteiger partial charge in [0.15, 0.2) is 11.5 Å². The molecule has 1 fully saturated rings. The van der Waals surface area contributed by atoms with E-state index in [1.807, 2.05) is 6.07 Å². The van der Waals surface area contributed by atoms with Crippen molar-refractivity contribution in [2.45, 2.75) is 51.9 Å². The van der Waals surface area contributed by atoms with Crippen LogP contribution in [0.5, 0.6) is 11.5 Å². The molecule has 37 heavy (non-hydrogen) atoms. The summed E-state index contributed by atoms with van der Waals surface area (Å²) in [4.78, 5) is 11.3. The summed E-state index contributed by atoms with van der Waals surface area (Å²) in [6, 6.07) is 7.04. The Kier molecular flexibility index (Phi) is 7.16. The van der Waals surface area contributed by atoms with Gasteiger partial charge in [-0.05, 0) is 77.5 Å². The molecule has 4 rings (SSSR count). The largest absolute Gasteiger partial charge is 0.493 e. The molecule has 7 nitrogen and oxygen atoms in total. The molecule has 1 aliphatic rings. The standard InChI is InChI=1S/C27H34F3N5O2/c1-15(18-9-19(27(28,29)30)11-20(31)10-18)32-25-21-12-24(23(36-6)13-22(21)33-17(3)34-25)37-14-26(7-8-26)16(2)35(4)5/h9-13,15-16H,7-8,14,31H2,1-6H3,(H,32,33,34)/t15-,16-/m1/s1. The van der Waals surface area contributed by atoms with Crippen molar-refractivity contribution in [1.29, 1.82) is 0 Å². The lowest BCUT2D eigenvalue weighted by Gasteiger charge is -2.29. The minimum Gasteiger partial charge on any atom is -0.493 e. The molecule has 3 N–H and O–H groups in total. The number of methoxy groups -OCH3 is 1. The molecule has 0 saturated heterocycles. The third-order valence-electron chi connectivity index (χ3n) is 7.32. The van der Waals surface area contributed by atoms with Gasteiger partial charge in [0.1, 0.15) is 11.6 Å². The second-order valence-corrected chi connectivity index (χ2v) is 10.2. The average molecular weight is 518 g/mol. The fraction of sp³-hybridized carbons (Fsp3) is 0.481. The molecule has 2 aromatic carbocycles. The Morgan fingerprint density at radius 2 is 1.78 bits per heavy atom. The highest BCUT2D eigenvalue weighted by molar-refractivity contribution is 5.92. The first-order valence-electron chi connectivity index (χ1n) is 12.2. The van der Waals surface area contributed by atoms with Gasteiger partial charge < -0.3 is 25.4 Å². The quantitative estimate of drug-likeness (QED) is 0.346. The van der Waals surface area contributed by atoms with Crippen molar-refractivity contribution >= 4 is 22.4 Å². The second-order valence-electron chi connectivity index (χ2n) is 10.2. The van der Waals surface area contributed by atoms with Crippen LogP contribution in [-0.4, -0.2) is 48.7 Å². The first kappa shape index (κ1) is 26.8. The number of benzene rings is 2. The number of hydrogen-bond donors (Lipinski definition) is 2. The Morgan fingerprint density at radius 1 is 1.08 bits per heavy atom. The smallest absolute Gasteiger partial charge is 0.416 e. The van der Waals surface area contributed by atoms with Crippen molar-refractivity contribution < 1.29 is 22.6 Å². The summed E-state index contributed by atoms with van der Waals surface area (Å²) in [5.74, 6) is 2.13. The highest BCUT2D eigenvalue weighted by atomic mass is 19.4. The van der Waals surface area contributed by atoms with Crippen LogP contribution in [0.4, 0.5) is 24.7 Å². The number of nitrogens with zero attached hydrogens (tertiary/aromatic N) is 3. The van der Waals surface area contributed by atoms with E-state index in [2.05, 4.69) is 41.2 Å². The minimum absolute atomic E-state index is 0.0450. The number of alkyl halides is 3. The molecule has 1 saturated carbocycles. The summed E-state index contributed by atoms with van der Waals surface area (Å²) in [5.41, 5.74) is 6.16. The minimum atomic E-state index is -4.49. The molecular formula is C27H34F3N5O2. The van der Waals surface area contributed by atoms with Crippen molar-refractivity contribution in [2.24, 2.45) is 5.41 Å². The first-order chi connectivity index (χ1) is 17.3. The van der Waals surface area contributed by atoms with Crippen LogP contribution >= 0.6 is 0 Å². The molecule has 0 aliphatic heterocycles. The first-order valence-corrected chi connectivity index (χ1v) is 12.2.